The van der Waals surface area contributed by atoms with E-state index in [-0.39, 0.29) is 5.82 Å². The fourth-order valence-corrected chi connectivity index (χ4v) is 3.08. The van der Waals surface area contributed by atoms with E-state index >= 15 is 0 Å². The topological polar surface area (TPSA) is 42.3 Å². The Hall–Kier alpha value is -2.93. The van der Waals surface area contributed by atoms with Crippen molar-refractivity contribution in [2.75, 3.05) is 19.0 Å². The van der Waals surface area contributed by atoms with E-state index in [1.165, 1.54) is 12.1 Å². The summed E-state index contributed by atoms with van der Waals surface area (Å²) >= 11 is 5.63. The van der Waals surface area contributed by atoms with Crippen molar-refractivity contribution in [1.82, 2.24) is 14.5 Å². The van der Waals surface area contributed by atoms with Crippen molar-refractivity contribution in [3.63, 3.8) is 0 Å². The number of methoxy groups -OCH3 is 1. The summed E-state index contributed by atoms with van der Waals surface area (Å²) in [5, 5.41) is 3.81. The van der Waals surface area contributed by atoms with Gasteiger partial charge in [-0.05, 0) is 60.6 Å². The number of halogens is 1. The fraction of sp³-hybridized carbons (Fsp3) is 0.238. The summed E-state index contributed by atoms with van der Waals surface area (Å²) in [4.78, 5) is 6.18. The summed E-state index contributed by atoms with van der Waals surface area (Å²) in [7, 11) is 1.65. The van der Waals surface area contributed by atoms with Crippen LogP contribution in [0.2, 0.25) is 0 Å². The average Bonchev–Trinajstić information content (AvgIpc) is 3.23. The highest BCUT2D eigenvalue weighted by Gasteiger charge is 2.11. The molecule has 0 saturated carbocycles. The minimum Gasteiger partial charge on any atom is -0.497 e. The SMILES string of the molecule is COc1ccc(CN(CCCn2ccnc2)C(=S)Nc2ccc(F)cc2)cc1. The number of rotatable bonds is 8. The smallest absolute Gasteiger partial charge is 0.173 e. The van der Waals surface area contributed by atoms with Crippen LogP contribution in [-0.2, 0) is 13.1 Å². The summed E-state index contributed by atoms with van der Waals surface area (Å²) < 4.78 is 20.4. The number of anilines is 1. The van der Waals surface area contributed by atoms with Crippen LogP contribution in [0.4, 0.5) is 10.1 Å². The van der Waals surface area contributed by atoms with E-state index in [1.807, 2.05) is 41.4 Å². The van der Waals surface area contributed by atoms with Crippen LogP contribution in [0.3, 0.4) is 0 Å². The second-order valence-electron chi connectivity index (χ2n) is 6.36. The van der Waals surface area contributed by atoms with Crippen LogP contribution in [0, 0.1) is 5.82 Å². The average molecular weight is 399 g/mol. The first-order valence-electron chi connectivity index (χ1n) is 9.04. The van der Waals surface area contributed by atoms with Crippen molar-refractivity contribution >= 4 is 23.0 Å². The third-order valence-electron chi connectivity index (χ3n) is 4.32. The fourth-order valence-electron chi connectivity index (χ4n) is 2.80. The van der Waals surface area contributed by atoms with Crippen LogP contribution in [0.1, 0.15) is 12.0 Å². The van der Waals surface area contributed by atoms with E-state index < -0.39 is 0 Å². The molecule has 28 heavy (non-hydrogen) atoms. The lowest BCUT2D eigenvalue weighted by Gasteiger charge is -2.26. The molecule has 0 radical (unpaired) electrons. The highest BCUT2D eigenvalue weighted by molar-refractivity contribution is 7.80. The van der Waals surface area contributed by atoms with Crippen LogP contribution in [-0.4, -0.2) is 33.2 Å². The van der Waals surface area contributed by atoms with Gasteiger partial charge in [0, 0.05) is 37.7 Å². The monoisotopic (exact) mass is 398 g/mol. The number of benzene rings is 2. The largest absolute Gasteiger partial charge is 0.497 e. The molecule has 0 bridgehead atoms. The summed E-state index contributed by atoms with van der Waals surface area (Å²) in [6, 6.07) is 14.1. The zero-order valence-corrected chi connectivity index (χ0v) is 16.5. The Morgan fingerprint density at radius 2 is 1.93 bits per heavy atom. The predicted octanol–water partition coefficient (Wildman–Crippen LogP) is 4.32. The van der Waals surface area contributed by atoms with Gasteiger partial charge in [0.05, 0.1) is 13.4 Å². The Bertz CT molecular complexity index is 866. The van der Waals surface area contributed by atoms with Crippen LogP contribution in [0.25, 0.3) is 0 Å². The van der Waals surface area contributed by atoms with E-state index in [9.17, 15) is 4.39 Å². The third-order valence-corrected chi connectivity index (χ3v) is 4.68. The van der Waals surface area contributed by atoms with Crippen LogP contribution in [0.15, 0.2) is 67.3 Å². The lowest BCUT2D eigenvalue weighted by molar-refractivity contribution is 0.394. The molecule has 0 aliphatic rings. The molecule has 7 heteroatoms. The standard InChI is InChI=1S/C21H23FN4OS/c1-27-20-9-3-17(4-10-20)15-26(13-2-12-25-14-11-23-16-25)21(28)24-19-7-5-18(22)6-8-19/h3-11,14,16H,2,12-13,15H2,1H3,(H,24,28). The molecule has 2 aromatic carbocycles. The first kappa shape index (κ1) is 19.8. The van der Waals surface area contributed by atoms with Gasteiger partial charge in [-0.15, -0.1) is 0 Å². The van der Waals surface area contributed by atoms with E-state index in [2.05, 4.69) is 15.2 Å². The molecule has 0 aliphatic heterocycles. The van der Waals surface area contributed by atoms with Gasteiger partial charge in [0.2, 0.25) is 0 Å². The number of imidazole rings is 1. The quantitative estimate of drug-likeness (QED) is 0.573. The second-order valence-corrected chi connectivity index (χ2v) is 6.75. The van der Waals surface area contributed by atoms with Crippen molar-refractivity contribution in [2.45, 2.75) is 19.5 Å². The van der Waals surface area contributed by atoms with Gasteiger partial charge in [0.25, 0.3) is 0 Å². The van der Waals surface area contributed by atoms with Gasteiger partial charge in [-0.25, -0.2) is 9.37 Å². The van der Waals surface area contributed by atoms with Crippen molar-refractivity contribution in [1.29, 1.82) is 0 Å². The maximum Gasteiger partial charge on any atom is 0.173 e. The molecule has 0 spiro atoms. The van der Waals surface area contributed by atoms with E-state index in [4.69, 9.17) is 17.0 Å². The van der Waals surface area contributed by atoms with Gasteiger partial charge in [-0.3, -0.25) is 0 Å². The maximum absolute atomic E-state index is 13.1. The zero-order chi connectivity index (χ0) is 19.8. The van der Waals surface area contributed by atoms with Gasteiger partial charge in [0.15, 0.2) is 5.11 Å². The number of aryl methyl sites for hydroxylation is 1. The summed E-state index contributed by atoms with van der Waals surface area (Å²) in [5.74, 6) is 0.550. The van der Waals surface area contributed by atoms with E-state index in [0.29, 0.717) is 11.7 Å². The first-order chi connectivity index (χ1) is 13.6. The molecule has 0 atom stereocenters. The lowest BCUT2D eigenvalue weighted by Crippen LogP contribution is -2.35. The second kappa shape index (κ2) is 9.85. The number of nitrogens with one attached hydrogen (secondary N) is 1. The predicted molar refractivity (Wildman–Crippen MR) is 113 cm³/mol. The summed E-state index contributed by atoms with van der Waals surface area (Å²) in [5.41, 5.74) is 1.90. The number of nitrogens with zero attached hydrogens (tertiary/aromatic N) is 3. The summed E-state index contributed by atoms with van der Waals surface area (Å²) in [6.45, 7) is 2.30. The number of hydrogen-bond donors (Lipinski definition) is 1. The molecule has 3 rings (SSSR count). The van der Waals surface area contributed by atoms with Gasteiger partial charge >= 0.3 is 0 Å². The van der Waals surface area contributed by atoms with Gasteiger partial charge < -0.3 is 19.5 Å². The van der Waals surface area contributed by atoms with Crippen LogP contribution in [0.5, 0.6) is 5.75 Å². The normalized spacial score (nSPS) is 10.5. The molecule has 1 aromatic heterocycles. The molecule has 0 amide bonds. The molecule has 5 nitrogen and oxygen atoms in total. The van der Waals surface area contributed by atoms with Gasteiger partial charge in [-0.1, -0.05) is 12.1 Å². The number of thiocarbonyl (C=S) groups is 1. The Balaban J connectivity index is 1.66. The summed E-state index contributed by atoms with van der Waals surface area (Å²) in [6.07, 6.45) is 6.44. The first-order valence-corrected chi connectivity index (χ1v) is 9.45. The van der Waals surface area contributed by atoms with E-state index in [0.717, 1.165) is 36.5 Å². The van der Waals surface area contributed by atoms with Gasteiger partial charge in [0.1, 0.15) is 11.6 Å². The Morgan fingerprint density at radius 1 is 1.18 bits per heavy atom. The number of ether oxygens (including phenoxy) is 1. The Kier molecular flexibility index (Phi) is 6.97. The third kappa shape index (κ3) is 5.79. The maximum atomic E-state index is 13.1. The van der Waals surface area contributed by atoms with Crippen LogP contribution < -0.4 is 10.1 Å². The highest BCUT2D eigenvalue weighted by Crippen LogP contribution is 2.15. The van der Waals surface area contributed by atoms with Crippen LogP contribution >= 0.6 is 12.2 Å². The van der Waals surface area contributed by atoms with E-state index in [1.54, 1.807) is 25.4 Å². The minimum absolute atomic E-state index is 0.271. The Morgan fingerprint density at radius 3 is 2.57 bits per heavy atom. The van der Waals surface area contributed by atoms with Crippen molar-refractivity contribution in [2.24, 2.45) is 0 Å². The molecule has 0 fully saturated rings. The lowest BCUT2D eigenvalue weighted by atomic mass is 10.2. The highest BCUT2D eigenvalue weighted by atomic mass is 32.1. The molecule has 1 N–H and O–H groups in total. The molecule has 1 heterocycles. The molecular formula is C21H23FN4OS. The molecule has 146 valence electrons. The minimum atomic E-state index is -0.271. The molecular weight excluding hydrogens is 375 g/mol. The Labute approximate surface area is 169 Å². The van der Waals surface area contributed by atoms with Gasteiger partial charge in [-0.2, -0.15) is 0 Å². The molecule has 3 aromatic rings. The molecule has 0 saturated heterocycles. The molecule has 0 aliphatic carbocycles. The van der Waals surface area contributed by atoms with Crippen molar-refractivity contribution in [3.05, 3.63) is 78.6 Å². The van der Waals surface area contributed by atoms with Crippen molar-refractivity contribution < 1.29 is 9.13 Å². The van der Waals surface area contributed by atoms with Crippen molar-refractivity contribution in [3.8, 4) is 5.75 Å². The number of hydrogen-bond acceptors (Lipinski definition) is 3. The molecule has 0 unspecified atom stereocenters. The zero-order valence-electron chi connectivity index (χ0n) is 15.7. The number of aromatic nitrogens is 2.